The van der Waals surface area contributed by atoms with Gasteiger partial charge in [0, 0.05) is 23.7 Å². The monoisotopic (exact) mass is 207 g/mol. The maximum Gasteiger partial charge on any atom is 0.133 e. The topological polar surface area (TPSA) is 37.8 Å². The molecular weight excluding hydrogens is 186 g/mol. The minimum atomic E-state index is 0.432. The lowest BCUT2D eigenvalue weighted by molar-refractivity contribution is 0.673. The lowest BCUT2D eigenvalue weighted by Gasteiger charge is -2.13. The molecule has 0 bridgehead atoms. The zero-order valence-electron chi connectivity index (χ0n) is 10.4. The third kappa shape index (κ3) is 2.67. The molecular formula is C12H21N3. The van der Waals surface area contributed by atoms with Gasteiger partial charge in [0.1, 0.15) is 11.6 Å². The summed E-state index contributed by atoms with van der Waals surface area (Å²) in [7, 11) is 0. The number of hydrogen-bond acceptors (Lipinski definition) is 3. The number of rotatable bonds is 4. The summed E-state index contributed by atoms with van der Waals surface area (Å²) in [6.45, 7) is 11.4. The highest BCUT2D eigenvalue weighted by Gasteiger charge is 2.11. The van der Waals surface area contributed by atoms with Crippen molar-refractivity contribution in [3.63, 3.8) is 0 Å². The molecule has 1 aromatic rings. The predicted octanol–water partition coefficient (Wildman–Crippen LogP) is 3.04. The molecule has 84 valence electrons. The molecule has 0 amide bonds. The van der Waals surface area contributed by atoms with Gasteiger partial charge in [0.25, 0.3) is 0 Å². The second-order valence-corrected chi connectivity index (χ2v) is 3.98. The first kappa shape index (κ1) is 12.0. The van der Waals surface area contributed by atoms with Gasteiger partial charge < -0.3 is 5.32 Å². The molecule has 1 atom stereocenters. The van der Waals surface area contributed by atoms with Crippen molar-refractivity contribution in [3.05, 3.63) is 17.1 Å². The molecule has 0 saturated heterocycles. The van der Waals surface area contributed by atoms with Crippen LogP contribution in [0.3, 0.4) is 0 Å². The number of anilines is 1. The van der Waals surface area contributed by atoms with E-state index in [-0.39, 0.29) is 0 Å². The van der Waals surface area contributed by atoms with Crippen molar-refractivity contribution >= 4 is 5.82 Å². The van der Waals surface area contributed by atoms with Gasteiger partial charge in [-0.2, -0.15) is 0 Å². The largest absolute Gasteiger partial charge is 0.370 e. The predicted molar refractivity (Wildman–Crippen MR) is 64.4 cm³/mol. The second kappa shape index (κ2) is 5.10. The standard InChI is InChI=1S/C12H21N3/c1-6-8(3)11-14-10(5)9(4)12(15-11)13-7-2/h8H,6-7H2,1-5H3,(H,13,14,15). The Morgan fingerprint density at radius 3 is 2.40 bits per heavy atom. The van der Waals surface area contributed by atoms with Gasteiger partial charge in [-0.25, -0.2) is 9.97 Å². The Hall–Kier alpha value is -1.12. The van der Waals surface area contributed by atoms with Gasteiger partial charge in [-0.3, -0.25) is 0 Å². The average molecular weight is 207 g/mol. The molecule has 3 heteroatoms. The molecule has 1 aromatic heterocycles. The summed E-state index contributed by atoms with van der Waals surface area (Å²) in [6, 6.07) is 0. The van der Waals surface area contributed by atoms with Gasteiger partial charge in [0.05, 0.1) is 0 Å². The Kier molecular flexibility index (Phi) is 4.06. The molecule has 3 nitrogen and oxygen atoms in total. The van der Waals surface area contributed by atoms with E-state index in [4.69, 9.17) is 0 Å². The van der Waals surface area contributed by atoms with Crippen molar-refractivity contribution in [2.45, 2.75) is 47.0 Å². The van der Waals surface area contributed by atoms with E-state index >= 15 is 0 Å². The Labute approximate surface area is 92.3 Å². The van der Waals surface area contributed by atoms with Crippen LogP contribution < -0.4 is 5.32 Å². The molecule has 0 aliphatic carbocycles. The van der Waals surface area contributed by atoms with Crippen LogP contribution in [0.2, 0.25) is 0 Å². The first-order valence-corrected chi connectivity index (χ1v) is 5.69. The zero-order chi connectivity index (χ0) is 11.4. The van der Waals surface area contributed by atoms with Crippen LogP contribution in [-0.4, -0.2) is 16.5 Å². The molecule has 1 N–H and O–H groups in total. The second-order valence-electron chi connectivity index (χ2n) is 3.98. The average Bonchev–Trinajstić information content (AvgIpc) is 2.23. The lowest BCUT2D eigenvalue weighted by Crippen LogP contribution is -2.09. The molecule has 0 aromatic carbocycles. The fourth-order valence-corrected chi connectivity index (χ4v) is 1.39. The SMILES string of the molecule is CCNc1nc(C(C)CC)nc(C)c1C. The van der Waals surface area contributed by atoms with E-state index in [0.29, 0.717) is 5.92 Å². The normalized spacial score (nSPS) is 12.6. The lowest BCUT2D eigenvalue weighted by atomic mass is 10.1. The Balaban J connectivity index is 3.11. The summed E-state index contributed by atoms with van der Waals surface area (Å²) >= 11 is 0. The van der Waals surface area contributed by atoms with Crippen LogP contribution in [0.4, 0.5) is 5.82 Å². The van der Waals surface area contributed by atoms with Gasteiger partial charge in [0.15, 0.2) is 0 Å². The summed E-state index contributed by atoms with van der Waals surface area (Å²) in [5, 5.41) is 3.28. The number of hydrogen-bond donors (Lipinski definition) is 1. The molecule has 1 unspecified atom stereocenters. The molecule has 0 spiro atoms. The molecule has 0 fully saturated rings. The summed E-state index contributed by atoms with van der Waals surface area (Å²) in [5.41, 5.74) is 2.24. The van der Waals surface area contributed by atoms with E-state index in [9.17, 15) is 0 Å². The summed E-state index contributed by atoms with van der Waals surface area (Å²) in [4.78, 5) is 9.11. The molecule has 1 heterocycles. The fourth-order valence-electron chi connectivity index (χ4n) is 1.39. The number of aromatic nitrogens is 2. The van der Waals surface area contributed by atoms with Crippen LogP contribution in [-0.2, 0) is 0 Å². The van der Waals surface area contributed by atoms with Crippen LogP contribution >= 0.6 is 0 Å². The third-order valence-corrected chi connectivity index (χ3v) is 2.80. The van der Waals surface area contributed by atoms with Crippen LogP contribution in [0, 0.1) is 13.8 Å². The highest BCUT2D eigenvalue weighted by Crippen LogP contribution is 2.20. The Bertz CT molecular complexity index is 334. The molecule has 0 aliphatic rings. The highest BCUT2D eigenvalue weighted by atomic mass is 15.0. The minimum Gasteiger partial charge on any atom is -0.370 e. The first-order valence-electron chi connectivity index (χ1n) is 5.69. The van der Waals surface area contributed by atoms with E-state index in [1.54, 1.807) is 0 Å². The van der Waals surface area contributed by atoms with E-state index in [0.717, 1.165) is 35.9 Å². The maximum atomic E-state index is 4.57. The van der Waals surface area contributed by atoms with Crippen molar-refractivity contribution in [1.29, 1.82) is 0 Å². The van der Waals surface area contributed by atoms with Gasteiger partial charge in [0.2, 0.25) is 0 Å². The number of aryl methyl sites for hydroxylation is 1. The molecule has 1 rings (SSSR count). The van der Waals surface area contributed by atoms with E-state index in [1.165, 1.54) is 0 Å². The smallest absolute Gasteiger partial charge is 0.133 e. The maximum absolute atomic E-state index is 4.57. The van der Waals surface area contributed by atoms with Crippen molar-refractivity contribution in [2.75, 3.05) is 11.9 Å². The van der Waals surface area contributed by atoms with Crippen molar-refractivity contribution < 1.29 is 0 Å². The highest BCUT2D eigenvalue weighted by molar-refractivity contribution is 5.45. The molecule has 0 saturated carbocycles. The van der Waals surface area contributed by atoms with E-state index < -0.39 is 0 Å². The minimum absolute atomic E-state index is 0.432. The van der Waals surface area contributed by atoms with Gasteiger partial charge in [-0.1, -0.05) is 13.8 Å². The Morgan fingerprint density at radius 2 is 1.87 bits per heavy atom. The van der Waals surface area contributed by atoms with Gasteiger partial charge in [-0.05, 0) is 27.2 Å². The van der Waals surface area contributed by atoms with E-state index in [1.807, 2.05) is 6.92 Å². The van der Waals surface area contributed by atoms with Crippen molar-refractivity contribution in [3.8, 4) is 0 Å². The summed E-state index contributed by atoms with van der Waals surface area (Å²) in [5.74, 6) is 2.37. The zero-order valence-corrected chi connectivity index (χ0v) is 10.4. The van der Waals surface area contributed by atoms with Gasteiger partial charge >= 0.3 is 0 Å². The number of nitrogens with zero attached hydrogens (tertiary/aromatic N) is 2. The van der Waals surface area contributed by atoms with E-state index in [2.05, 4.69) is 43.0 Å². The van der Waals surface area contributed by atoms with Gasteiger partial charge in [-0.15, -0.1) is 0 Å². The van der Waals surface area contributed by atoms with Crippen LogP contribution in [0.1, 0.15) is 50.2 Å². The summed E-state index contributed by atoms with van der Waals surface area (Å²) in [6.07, 6.45) is 1.08. The Morgan fingerprint density at radius 1 is 1.20 bits per heavy atom. The van der Waals surface area contributed by atoms with Crippen LogP contribution in [0.5, 0.6) is 0 Å². The van der Waals surface area contributed by atoms with Crippen LogP contribution in [0.15, 0.2) is 0 Å². The first-order chi connectivity index (χ1) is 7.10. The quantitative estimate of drug-likeness (QED) is 0.824. The van der Waals surface area contributed by atoms with Crippen LogP contribution in [0.25, 0.3) is 0 Å². The molecule has 0 radical (unpaired) electrons. The number of nitrogens with one attached hydrogen (secondary N) is 1. The summed E-state index contributed by atoms with van der Waals surface area (Å²) < 4.78 is 0. The fraction of sp³-hybridized carbons (Fsp3) is 0.667. The van der Waals surface area contributed by atoms with Crippen molar-refractivity contribution in [1.82, 2.24) is 9.97 Å². The van der Waals surface area contributed by atoms with Crippen molar-refractivity contribution in [2.24, 2.45) is 0 Å². The molecule has 15 heavy (non-hydrogen) atoms. The third-order valence-electron chi connectivity index (χ3n) is 2.80. The molecule has 0 aliphatic heterocycles.